The number of para-hydroxylation sites is 1. The van der Waals surface area contributed by atoms with Crippen LogP contribution in [-0.2, 0) is 19.1 Å². The maximum Gasteiger partial charge on any atom is 0.340 e. The number of ether oxygens (including phenoxy) is 2. The van der Waals surface area contributed by atoms with Gasteiger partial charge in [0.05, 0.1) is 5.41 Å². The number of hydrogen-bond donors (Lipinski definition) is 1. The zero-order chi connectivity index (χ0) is 16.0. The molecule has 0 heterocycles. The van der Waals surface area contributed by atoms with Gasteiger partial charge in [0.2, 0.25) is 0 Å². The van der Waals surface area contributed by atoms with E-state index in [0.29, 0.717) is 6.29 Å². The Kier molecular flexibility index (Phi) is 5.60. The Morgan fingerprint density at radius 1 is 1.29 bits per heavy atom. The number of benzene rings is 1. The highest BCUT2D eigenvalue weighted by molar-refractivity contribution is 5.81. The molecule has 0 aliphatic carbocycles. The first-order valence-corrected chi connectivity index (χ1v) is 6.37. The molecule has 6 nitrogen and oxygen atoms in total. The van der Waals surface area contributed by atoms with Gasteiger partial charge in [-0.3, -0.25) is 9.59 Å². The fourth-order valence-electron chi connectivity index (χ4n) is 1.37. The smallest absolute Gasteiger partial charge is 0.340 e. The van der Waals surface area contributed by atoms with Crippen molar-refractivity contribution in [2.45, 2.75) is 26.9 Å². The number of carbonyl (C=O) groups excluding carboxylic acids is 3. The van der Waals surface area contributed by atoms with Crippen LogP contribution in [-0.4, -0.2) is 29.9 Å². The van der Waals surface area contributed by atoms with Gasteiger partial charge in [-0.1, -0.05) is 18.2 Å². The molecule has 0 unspecified atom stereocenters. The zero-order valence-corrected chi connectivity index (χ0v) is 12.2. The Labute approximate surface area is 122 Å². The van der Waals surface area contributed by atoms with Crippen LogP contribution in [0.15, 0.2) is 24.3 Å². The molecule has 0 aliphatic rings. The predicted octanol–water partition coefficient (Wildman–Crippen LogP) is 1.41. The molecule has 1 rings (SSSR count). The summed E-state index contributed by atoms with van der Waals surface area (Å²) in [5, 5.41) is 9.93. The van der Waals surface area contributed by atoms with Gasteiger partial charge in [0.15, 0.2) is 12.4 Å². The van der Waals surface area contributed by atoms with E-state index in [2.05, 4.69) is 4.74 Å². The molecule has 0 saturated carbocycles. The van der Waals surface area contributed by atoms with Gasteiger partial charge in [0, 0.05) is 5.56 Å². The first-order valence-electron chi connectivity index (χ1n) is 6.37. The summed E-state index contributed by atoms with van der Waals surface area (Å²) < 4.78 is 9.75. The molecule has 1 aromatic rings. The average molecular weight is 294 g/mol. The molecule has 0 bridgehead atoms. The van der Waals surface area contributed by atoms with Crippen molar-refractivity contribution in [1.29, 1.82) is 0 Å². The van der Waals surface area contributed by atoms with Gasteiger partial charge in [-0.15, -0.1) is 0 Å². The summed E-state index contributed by atoms with van der Waals surface area (Å²) in [5.74, 6) is -1.40. The fourth-order valence-corrected chi connectivity index (χ4v) is 1.37. The van der Waals surface area contributed by atoms with Gasteiger partial charge in [0.1, 0.15) is 12.4 Å². The van der Waals surface area contributed by atoms with Crippen molar-refractivity contribution in [2.24, 2.45) is 5.41 Å². The lowest BCUT2D eigenvalue weighted by molar-refractivity contribution is -0.155. The molecule has 1 atom stereocenters. The highest BCUT2D eigenvalue weighted by Gasteiger charge is 2.27. The summed E-state index contributed by atoms with van der Waals surface area (Å²) in [6.45, 7) is 4.62. The molecule has 0 saturated heterocycles. The Morgan fingerprint density at radius 2 is 1.90 bits per heavy atom. The number of aliphatic hydroxyl groups excluding tert-OH is 1. The Balaban J connectivity index is 2.96. The van der Waals surface area contributed by atoms with E-state index in [-0.39, 0.29) is 11.3 Å². The molecule has 1 aromatic carbocycles. The number of hydrogen-bond acceptors (Lipinski definition) is 6. The second-order valence-corrected chi connectivity index (χ2v) is 5.38. The molecular formula is C15H18O6. The average Bonchev–Trinajstić information content (AvgIpc) is 2.43. The molecule has 0 aromatic heterocycles. The Morgan fingerprint density at radius 3 is 2.48 bits per heavy atom. The quantitative estimate of drug-likeness (QED) is 0.502. The van der Waals surface area contributed by atoms with Gasteiger partial charge in [-0.05, 0) is 26.8 Å². The third kappa shape index (κ3) is 4.68. The van der Waals surface area contributed by atoms with E-state index in [9.17, 15) is 19.5 Å². The third-order valence-corrected chi connectivity index (χ3v) is 2.55. The van der Waals surface area contributed by atoms with Crippen molar-refractivity contribution in [3.05, 3.63) is 29.8 Å². The van der Waals surface area contributed by atoms with Crippen molar-refractivity contribution in [3.63, 3.8) is 0 Å². The van der Waals surface area contributed by atoms with Crippen LogP contribution in [0.25, 0.3) is 0 Å². The van der Waals surface area contributed by atoms with Crippen LogP contribution < -0.4 is 4.74 Å². The highest BCUT2D eigenvalue weighted by Crippen LogP contribution is 2.28. The SMILES string of the molecule is CC(C)(C)C(=O)Oc1ccccc1[C@H](O)C(=O)OCC=O. The van der Waals surface area contributed by atoms with Crippen molar-refractivity contribution in [3.8, 4) is 5.75 Å². The zero-order valence-electron chi connectivity index (χ0n) is 12.2. The summed E-state index contributed by atoms with van der Waals surface area (Å²) in [5.41, 5.74) is -0.623. The molecule has 0 spiro atoms. The van der Waals surface area contributed by atoms with E-state index in [1.54, 1.807) is 32.9 Å². The molecule has 114 valence electrons. The Hall–Kier alpha value is -2.21. The molecule has 0 fully saturated rings. The minimum absolute atomic E-state index is 0.0768. The van der Waals surface area contributed by atoms with E-state index in [1.807, 2.05) is 0 Å². The molecule has 0 aliphatic heterocycles. The van der Waals surface area contributed by atoms with E-state index in [4.69, 9.17) is 4.74 Å². The minimum atomic E-state index is -1.63. The lowest BCUT2D eigenvalue weighted by Gasteiger charge is -2.19. The number of esters is 2. The third-order valence-electron chi connectivity index (χ3n) is 2.55. The molecule has 21 heavy (non-hydrogen) atoms. The number of aldehydes is 1. The maximum absolute atomic E-state index is 11.9. The van der Waals surface area contributed by atoms with E-state index in [1.165, 1.54) is 12.1 Å². The highest BCUT2D eigenvalue weighted by atomic mass is 16.6. The summed E-state index contributed by atoms with van der Waals surface area (Å²) >= 11 is 0. The molecule has 6 heteroatoms. The normalized spacial score (nSPS) is 12.4. The van der Waals surface area contributed by atoms with Crippen LogP contribution >= 0.6 is 0 Å². The van der Waals surface area contributed by atoms with E-state index in [0.717, 1.165) is 0 Å². The van der Waals surface area contributed by atoms with E-state index < -0.39 is 30.1 Å². The van der Waals surface area contributed by atoms with Crippen molar-refractivity contribution >= 4 is 18.2 Å². The van der Waals surface area contributed by atoms with Crippen LogP contribution in [0.1, 0.15) is 32.4 Å². The van der Waals surface area contributed by atoms with E-state index >= 15 is 0 Å². The van der Waals surface area contributed by atoms with Gasteiger partial charge >= 0.3 is 11.9 Å². The molecule has 1 N–H and O–H groups in total. The summed E-state index contributed by atoms with van der Waals surface area (Å²) in [6, 6.07) is 6.10. The molecule has 0 radical (unpaired) electrons. The van der Waals surface area contributed by atoms with Gasteiger partial charge < -0.3 is 14.6 Å². The van der Waals surface area contributed by atoms with Crippen LogP contribution in [0, 0.1) is 5.41 Å². The summed E-state index contributed by atoms with van der Waals surface area (Å²) in [4.78, 5) is 33.6. The summed E-state index contributed by atoms with van der Waals surface area (Å²) in [7, 11) is 0. The number of carbonyl (C=O) groups is 3. The number of aliphatic hydroxyl groups is 1. The van der Waals surface area contributed by atoms with Gasteiger partial charge in [-0.25, -0.2) is 4.79 Å². The number of rotatable bonds is 5. The van der Waals surface area contributed by atoms with Gasteiger partial charge in [0.25, 0.3) is 0 Å². The standard InChI is InChI=1S/C15H18O6/c1-15(2,3)14(19)21-11-7-5-4-6-10(11)12(17)13(18)20-9-8-16/h4-8,12,17H,9H2,1-3H3/t12-/m0/s1. The second kappa shape index (κ2) is 6.99. The molecule has 0 amide bonds. The maximum atomic E-state index is 11.9. The fraction of sp³-hybridized carbons (Fsp3) is 0.400. The monoisotopic (exact) mass is 294 g/mol. The van der Waals surface area contributed by atoms with Crippen molar-refractivity contribution in [2.75, 3.05) is 6.61 Å². The van der Waals surface area contributed by atoms with Crippen LogP contribution in [0.2, 0.25) is 0 Å². The summed E-state index contributed by atoms with van der Waals surface area (Å²) in [6.07, 6.45) is -1.23. The topological polar surface area (TPSA) is 89.9 Å². The minimum Gasteiger partial charge on any atom is -0.456 e. The first-order chi connectivity index (χ1) is 9.77. The van der Waals surface area contributed by atoms with Crippen molar-refractivity contribution < 1.29 is 29.0 Å². The largest absolute Gasteiger partial charge is 0.456 e. The second-order valence-electron chi connectivity index (χ2n) is 5.38. The first kappa shape index (κ1) is 16.8. The molecular weight excluding hydrogens is 276 g/mol. The van der Waals surface area contributed by atoms with Crippen LogP contribution in [0.4, 0.5) is 0 Å². The van der Waals surface area contributed by atoms with Gasteiger partial charge in [-0.2, -0.15) is 0 Å². The van der Waals surface area contributed by atoms with Crippen LogP contribution in [0.3, 0.4) is 0 Å². The van der Waals surface area contributed by atoms with Crippen molar-refractivity contribution in [1.82, 2.24) is 0 Å². The lowest BCUT2D eigenvalue weighted by Crippen LogP contribution is -2.26. The predicted molar refractivity (Wildman–Crippen MR) is 73.5 cm³/mol. The lowest BCUT2D eigenvalue weighted by atomic mass is 9.97. The van der Waals surface area contributed by atoms with Crippen LogP contribution in [0.5, 0.6) is 5.75 Å². The Bertz CT molecular complexity index is 529.